The van der Waals surface area contributed by atoms with E-state index in [2.05, 4.69) is 28.0 Å². The van der Waals surface area contributed by atoms with Crippen LogP contribution < -0.4 is 29.6 Å². The van der Waals surface area contributed by atoms with Crippen LogP contribution >= 0.6 is 0 Å². The van der Waals surface area contributed by atoms with E-state index in [4.69, 9.17) is 23.9 Å². The van der Waals surface area contributed by atoms with Gasteiger partial charge in [-0.25, -0.2) is 18.2 Å². The second-order valence-corrected chi connectivity index (χ2v) is 19.2. The molecule has 3 N–H and O–H groups in total. The van der Waals surface area contributed by atoms with Gasteiger partial charge in [-0.2, -0.15) is 0 Å². The smallest absolute Gasteiger partial charge is 0.408 e. The number of carbonyl (C=O) groups excluding carboxylic acids is 4. The van der Waals surface area contributed by atoms with Gasteiger partial charge < -0.3 is 34.5 Å². The number of benzene rings is 1. The molecular formula is C42H55N5O10S. The van der Waals surface area contributed by atoms with Crippen LogP contribution in [0.4, 0.5) is 4.79 Å². The van der Waals surface area contributed by atoms with E-state index in [1.54, 1.807) is 13.2 Å². The van der Waals surface area contributed by atoms with Crippen molar-refractivity contribution in [2.24, 2.45) is 17.3 Å². The fourth-order valence-electron chi connectivity index (χ4n) is 8.49. The van der Waals surface area contributed by atoms with Gasteiger partial charge in [0.15, 0.2) is 0 Å². The largest absolute Gasteiger partial charge is 0.496 e. The third kappa shape index (κ3) is 8.48. The average molecular weight is 822 g/mol. The van der Waals surface area contributed by atoms with Gasteiger partial charge in [0.1, 0.15) is 41.3 Å². The molecule has 58 heavy (non-hydrogen) atoms. The van der Waals surface area contributed by atoms with E-state index >= 15 is 0 Å². The fourth-order valence-corrected chi connectivity index (χ4v) is 9.85. The standard InChI is InChI=1S/C42H55N5O10S/c1-7-26-22-42(26,39(50)46-58(52,53)28-16-17-28)45-37(48)31-19-27-23-47(31)38(49)36(41(3,4)5)44-40(51)57-32-15-10-9-12-24(32)13-11-14-25-18-29-30(20-33(25)54-6)43-35(55-8-2)21-34(29)56-27/h7,11,14,18,20-21,24,26-28,31-32,36H,1,8-10,12-13,15-17,19,22-23H2,2-6H3,(H,44,51)(H,45,48)(H,46,50)/b14-11+/t24-,26+,27-,31+,32+,36-,42-/m1/s1. The van der Waals surface area contributed by atoms with Crippen LogP contribution in [0.1, 0.15) is 91.0 Å². The number of ether oxygens (including phenoxy) is 4. The molecule has 3 saturated carbocycles. The van der Waals surface area contributed by atoms with Gasteiger partial charge in [0.05, 0.1) is 31.0 Å². The molecule has 2 aliphatic heterocycles. The molecule has 1 aromatic carbocycles. The Balaban J connectivity index is 1.28. The van der Waals surface area contributed by atoms with Gasteiger partial charge in [-0.05, 0) is 69.3 Å². The van der Waals surface area contributed by atoms with E-state index in [0.29, 0.717) is 60.6 Å². The summed E-state index contributed by atoms with van der Waals surface area (Å²) < 4.78 is 52.2. The highest BCUT2D eigenvalue weighted by Crippen LogP contribution is 2.46. The highest BCUT2D eigenvalue weighted by atomic mass is 32.2. The number of pyridine rings is 1. The van der Waals surface area contributed by atoms with Crippen molar-refractivity contribution in [1.82, 2.24) is 25.2 Å². The summed E-state index contributed by atoms with van der Waals surface area (Å²) in [5.74, 6) is -1.20. The van der Waals surface area contributed by atoms with Crippen molar-refractivity contribution >= 4 is 50.8 Å². The normalized spacial score (nSPS) is 29.4. The van der Waals surface area contributed by atoms with Crippen molar-refractivity contribution in [3.05, 3.63) is 42.5 Å². The number of hydrogen-bond acceptors (Lipinski definition) is 11. The summed E-state index contributed by atoms with van der Waals surface area (Å²) in [7, 11) is -2.33. The molecule has 4 amide bonds. The number of nitrogens with one attached hydrogen (secondary N) is 3. The first-order valence-electron chi connectivity index (χ1n) is 20.3. The zero-order chi connectivity index (χ0) is 41.6. The molecule has 1 aromatic heterocycles. The van der Waals surface area contributed by atoms with Crippen LogP contribution in [0.15, 0.2) is 36.9 Å². The molecular weight excluding hydrogens is 767 g/mol. The van der Waals surface area contributed by atoms with Gasteiger partial charge in [-0.1, -0.05) is 45.4 Å². The Hall–Kier alpha value is -4.86. The first kappa shape index (κ1) is 41.3. The van der Waals surface area contributed by atoms with Crippen molar-refractivity contribution in [1.29, 1.82) is 0 Å². The number of nitrogens with zero attached hydrogens (tertiary/aromatic N) is 2. The Morgan fingerprint density at radius 3 is 2.55 bits per heavy atom. The van der Waals surface area contributed by atoms with E-state index in [0.717, 1.165) is 24.8 Å². The number of methoxy groups -OCH3 is 1. The highest BCUT2D eigenvalue weighted by Gasteiger charge is 2.62. The van der Waals surface area contributed by atoms with Crippen molar-refractivity contribution in [3.8, 4) is 17.4 Å². The minimum absolute atomic E-state index is 0.0101. The molecule has 5 aliphatic rings. The second kappa shape index (κ2) is 16.1. The monoisotopic (exact) mass is 821 g/mol. The Morgan fingerprint density at radius 1 is 1.12 bits per heavy atom. The Morgan fingerprint density at radius 2 is 1.88 bits per heavy atom. The van der Waals surface area contributed by atoms with E-state index < -0.39 is 74.1 Å². The number of sulfonamides is 1. The van der Waals surface area contributed by atoms with Crippen molar-refractivity contribution in [3.63, 3.8) is 0 Å². The molecule has 0 radical (unpaired) electrons. The van der Waals surface area contributed by atoms with Crippen LogP contribution in [0.5, 0.6) is 17.4 Å². The fraction of sp³-hybridized carbons (Fsp3) is 0.595. The Labute approximate surface area is 339 Å². The predicted molar refractivity (Wildman–Crippen MR) is 216 cm³/mol. The lowest BCUT2D eigenvalue weighted by Crippen LogP contribution is -2.60. The number of carbonyl (C=O) groups is 4. The van der Waals surface area contributed by atoms with Gasteiger partial charge in [0.2, 0.25) is 27.7 Å². The molecule has 3 aliphatic carbocycles. The SMILES string of the molecule is C=C[C@H]1C[C@]1(NC(=O)[C@@H]1C[C@@H]2CN1C(=O)[C@H](C(C)(C)C)NC(=O)O[C@H]1CCCC[C@@H]1C/C=C/c1cc3c(cc(OCC)nc3cc1OC)O2)C(=O)NS(=O)(=O)C1CC1. The lowest BCUT2D eigenvalue weighted by molar-refractivity contribution is -0.143. The minimum Gasteiger partial charge on any atom is -0.496 e. The number of rotatable bonds is 9. The third-order valence-electron chi connectivity index (χ3n) is 12.0. The first-order chi connectivity index (χ1) is 27.6. The summed E-state index contributed by atoms with van der Waals surface area (Å²) in [6.07, 6.45) is 8.88. The molecule has 314 valence electrons. The van der Waals surface area contributed by atoms with Crippen molar-refractivity contribution in [2.75, 3.05) is 20.3 Å². The summed E-state index contributed by atoms with van der Waals surface area (Å²) in [6, 6.07) is 3.14. The summed E-state index contributed by atoms with van der Waals surface area (Å²) >= 11 is 0. The summed E-state index contributed by atoms with van der Waals surface area (Å²) in [5.41, 5.74) is -1.06. The molecule has 0 unspecified atom stereocenters. The highest BCUT2D eigenvalue weighted by molar-refractivity contribution is 7.91. The van der Waals surface area contributed by atoms with Gasteiger partial charge in [-0.15, -0.1) is 6.58 Å². The number of alkyl carbamates (subject to hydrolysis) is 1. The van der Waals surface area contributed by atoms with Crippen molar-refractivity contribution in [2.45, 2.75) is 121 Å². The summed E-state index contributed by atoms with van der Waals surface area (Å²) in [5, 5.41) is 5.69. The average Bonchev–Trinajstić information content (AvgIpc) is 4.10. The lowest BCUT2D eigenvalue weighted by Gasteiger charge is -2.36. The van der Waals surface area contributed by atoms with Crippen LogP contribution in [0.3, 0.4) is 0 Å². The Bertz CT molecular complexity index is 2110. The molecule has 4 fully saturated rings. The molecule has 0 spiro atoms. The Kier molecular flexibility index (Phi) is 11.4. The van der Waals surface area contributed by atoms with E-state index in [1.165, 1.54) is 11.0 Å². The quantitative estimate of drug-likeness (QED) is 0.295. The maximum Gasteiger partial charge on any atom is 0.408 e. The molecule has 15 nitrogen and oxygen atoms in total. The molecule has 16 heteroatoms. The molecule has 3 heterocycles. The number of hydrogen-bond donors (Lipinski definition) is 3. The maximum atomic E-state index is 14.8. The third-order valence-corrected chi connectivity index (χ3v) is 13.8. The topological polar surface area (TPSA) is 192 Å². The number of amides is 4. The lowest BCUT2D eigenvalue weighted by atomic mass is 9.84. The van der Waals surface area contributed by atoms with E-state index in [9.17, 15) is 27.6 Å². The first-order valence-corrected chi connectivity index (χ1v) is 21.9. The zero-order valence-corrected chi connectivity index (χ0v) is 34.7. The van der Waals surface area contributed by atoms with E-state index in [-0.39, 0.29) is 31.4 Å². The summed E-state index contributed by atoms with van der Waals surface area (Å²) in [4.78, 5) is 62.7. The molecule has 2 aromatic rings. The number of aromatic nitrogens is 1. The molecule has 1 saturated heterocycles. The maximum absolute atomic E-state index is 14.8. The van der Waals surface area contributed by atoms with Gasteiger partial charge in [0.25, 0.3) is 5.91 Å². The van der Waals surface area contributed by atoms with Gasteiger partial charge >= 0.3 is 6.09 Å². The molecule has 7 rings (SSSR count). The van der Waals surface area contributed by atoms with Crippen LogP contribution in [-0.4, -0.2) is 97.5 Å². The van der Waals surface area contributed by atoms with Gasteiger partial charge in [0, 0.05) is 35.4 Å². The molecule has 4 bridgehead atoms. The van der Waals surface area contributed by atoms with Crippen LogP contribution in [0, 0.1) is 17.3 Å². The van der Waals surface area contributed by atoms with Crippen molar-refractivity contribution < 1.29 is 46.5 Å². The van der Waals surface area contributed by atoms with Crippen LogP contribution in [-0.2, 0) is 29.1 Å². The van der Waals surface area contributed by atoms with Crippen LogP contribution in [0.25, 0.3) is 17.0 Å². The number of fused-ring (bicyclic) bond motifs is 4. The molecule has 7 atom stereocenters. The predicted octanol–water partition coefficient (Wildman–Crippen LogP) is 4.78. The van der Waals surface area contributed by atoms with Gasteiger partial charge in [-0.3, -0.25) is 19.1 Å². The second-order valence-electron chi connectivity index (χ2n) is 17.2. The van der Waals surface area contributed by atoms with Crippen LogP contribution in [0.2, 0.25) is 0 Å². The summed E-state index contributed by atoms with van der Waals surface area (Å²) in [6.45, 7) is 11.4. The number of allylic oxidation sites excluding steroid dienone is 1. The minimum atomic E-state index is -3.92. The zero-order valence-electron chi connectivity index (χ0n) is 33.9. The van der Waals surface area contributed by atoms with E-state index in [1.807, 2.05) is 45.9 Å².